The van der Waals surface area contributed by atoms with E-state index in [1.165, 1.54) is 18.9 Å². The smallest absolute Gasteiger partial charge is 0.181 e. The van der Waals surface area contributed by atoms with Gasteiger partial charge in [0, 0.05) is 6.20 Å². The van der Waals surface area contributed by atoms with E-state index in [4.69, 9.17) is 11.0 Å². The molecule has 0 aliphatic heterocycles. The molecule has 14 heavy (non-hydrogen) atoms. The molecular weight excluding hydrogens is 180 g/mol. The van der Waals surface area contributed by atoms with Gasteiger partial charge in [0.25, 0.3) is 0 Å². The van der Waals surface area contributed by atoms with Gasteiger partial charge >= 0.3 is 0 Å². The first-order valence-electron chi connectivity index (χ1n) is 3.83. The zero-order valence-electron chi connectivity index (χ0n) is 7.10. The highest BCUT2D eigenvalue weighted by Gasteiger charge is 2.09. The van der Waals surface area contributed by atoms with Crippen LogP contribution in [-0.4, -0.2) is 19.9 Å². The Kier molecular flexibility index (Phi) is 1.84. The molecule has 0 aromatic carbocycles. The van der Waals surface area contributed by atoms with Gasteiger partial charge in [-0.15, -0.1) is 0 Å². The molecule has 0 saturated carbocycles. The van der Waals surface area contributed by atoms with Crippen LogP contribution < -0.4 is 5.73 Å². The molecule has 0 bridgehead atoms. The molecule has 3 N–H and O–H groups in total. The van der Waals surface area contributed by atoms with Crippen LogP contribution in [0.2, 0.25) is 0 Å². The fourth-order valence-corrected chi connectivity index (χ4v) is 1.14. The lowest BCUT2D eigenvalue weighted by Crippen LogP contribution is -1.94. The average molecular weight is 186 g/mol. The summed E-state index contributed by atoms with van der Waals surface area (Å²) in [4.78, 5) is 14.7. The van der Waals surface area contributed by atoms with Crippen molar-refractivity contribution >= 4 is 16.7 Å². The number of hydrogen-bond acceptors (Lipinski definition) is 5. The predicted octanol–water partition coefficient (Wildman–Crippen LogP) is 0.176. The SMILES string of the molecule is N#C/C(=C/N)c1ncnc2nc[nH]c12. The summed E-state index contributed by atoms with van der Waals surface area (Å²) in [6.45, 7) is 0. The molecule has 0 amide bonds. The van der Waals surface area contributed by atoms with E-state index in [2.05, 4.69) is 19.9 Å². The van der Waals surface area contributed by atoms with Gasteiger partial charge in [0.2, 0.25) is 0 Å². The summed E-state index contributed by atoms with van der Waals surface area (Å²) in [6, 6.07) is 1.95. The lowest BCUT2D eigenvalue weighted by Gasteiger charge is -1.96. The van der Waals surface area contributed by atoms with Gasteiger partial charge in [-0.1, -0.05) is 0 Å². The Bertz CT molecular complexity index is 532. The second-order valence-electron chi connectivity index (χ2n) is 2.52. The summed E-state index contributed by atoms with van der Waals surface area (Å²) in [5.74, 6) is 0. The molecule has 6 nitrogen and oxygen atoms in total. The predicted molar refractivity (Wildman–Crippen MR) is 49.5 cm³/mol. The zero-order chi connectivity index (χ0) is 9.97. The number of aromatic nitrogens is 4. The lowest BCUT2D eigenvalue weighted by molar-refractivity contribution is 1.18. The highest BCUT2D eigenvalue weighted by Crippen LogP contribution is 2.16. The van der Waals surface area contributed by atoms with Gasteiger partial charge in [-0.25, -0.2) is 15.0 Å². The molecule has 0 aliphatic rings. The van der Waals surface area contributed by atoms with E-state index in [9.17, 15) is 0 Å². The van der Waals surface area contributed by atoms with E-state index in [0.29, 0.717) is 22.4 Å². The summed E-state index contributed by atoms with van der Waals surface area (Å²) >= 11 is 0. The average Bonchev–Trinajstić information content (AvgIpc) is 2.68. The Morgan fingerprint density at radius 2 is 2.36 bits per heavy atom. The van der Waals surface area contributed by atoms with Crippen molar-refractivity contribution in [3.05, 3.63) is 24.5 Å². The van der Waals surface area contributed by atoms with E-state index >= 15 is 0 Å². The quantitative estimate of drug-likeness (QED) is 0.618. The van der Waals surface area contributed by atoms with Gasteiger partial charge in [-0.05, 0) is 0 Å². The number of allylic oxidation sites excluding steroid dienone is 1. The molecule has 6 heteroatoms. The molecule has 0 spiro atoms. The third kappa shape index (κ3) is 1.08. The molecule has 0 fully saturated rings. The summed E-state index contributed by atoms with van der Waals surface area (Å²) < 4.78 is 0. The van der Waals surface area contributed by atoms with Crippen LogP contribution in [0.15, 0.2) is 18.9 Å². The number of nitriles is 1. The van der Waals surface area contributed by atoms with Crippen molar-refractivity contribution in [2.24, 2.45) is 5.73 Å². The summed E-state index contributed by atoms with van der Waals surface area (Å²) in [5.41, 5.74) is 7.19. The van der Waals surface area contributed by atoms with Crippen molar-refractivity contribution in [2.75, 3.05) is 0 Å². The van der Waals surface area contributed by atoms with Crippen LogP contribution in [0.3, 0.4) is 0 Å². The monoisotopic (exact) mass is 186 g/mol. The van der Waals surface area contributed by atoms with Crippen LogP contribution in [0, 0.1) is 11.3 Å². The number of H-pyrrole nitrogens is 1. The maximum Gasteiger partial charge on any atom is 0.181 e. The number of nitrogens with one attached hydrogen (secondary N) is 1. The van der Waals surface area contributed by atoms with Gasteiger partial charge in [0.05, 0.1) is 11.9 Å². The first-order chi connectivity index (χ1) is 6.86. The Balaban J connectivity index is 2.75. The number of imidazole rings is 1. The van der Waals surface area contributed by atoms with E-state index in [1.807, 2.05) is 6.07 Å². The maximum absolute atomic E-state index is 8.78. The molecule has 2 aromatic heterocycles. The van der Waals surface area contributed by atoms with E-state index in [1.54, 1.807) is 0 Å². The fraction of sp³-hybridized carbons (Fsp3) is 0. The Morgan fingerprint density at radius 3 is 3.07 bits per heavy atom. The molecule has 0 unspecified atom stereocenters. The van der Waals surface area contributed by atoms with Crippen molar-refractivity contribution in [3.63, 3.8) is 0 Å². The van der Waals surface area contributed by atoms with E-state index in [-0.39, 0.29) is 0 Å². The molecule has 0 radical (unpaired) electrons. The second-order valence-corrected chi connectivity index (χ2v) is 2.52. The van der Waals surface area contributed by atoms with Crippen molar-refractivity contribution < 1.29 is 0 Å². The van der Waals surface area contributed by atoms with Gasteiger partial charge in [-0.3, -0.25) is 0 Å². The van der Waals surface area contributed by atoms with Crippen molar-refractivity contribution in [1.82, 2.24) is 19.9 Å². The maximum atomic E-state index is 8.78. The van der Waals surface area contributed by atoms with Crippen LogP contribution in [0.5, 0.6) is 0 Å². The van der Waals surface area contributed by atoms with Crippen LogP contribution in [-0.2, 0) is 0 Å². The standard InChI is InChI=1S/C8H6N6/c9-1-5(2-10)6-7-8(13-3-11-6)14-4-12-7/h1,3-4H,9H2,(H,11,12,13,14)/b5-1-. The normalized spacial score (nSPS) is 11.5. The van der Waals surface area contributed by atoms with Gasteiger partial charge in [-0.2, -0.15) is 5.26 Å². The molecule has 68 valence electrons. The number of aromatic amines is 1. The molecule has 0 aliphatic carbocycles. The molecule has 2 heterocycles. The Morgan fingerprint density at radius 1 is 1.50 bits per heavy atom. The van der Waals surface area contributed by atoms with Crippen molar-refractivity contribution in [2.45, 2.75) is 0 Å². The number of rotatable bonds is 1. The topological polar surface area (TPSA) is 104 Å². The first kappa shape index (κ1) is 8.19. The van der Waals surface area contributed by atoms with Crippen LogP contribution in [0.4, 0.5) is 0 Å². The summed E-state index contributed by atoms with van der Waals surface area (Å²) in [6.07, 6.45) is 4.05. The molecule has 0 atom stereocenters. The largest absolute Gasteiger partial charge is 0.403 e. The zero-order valence-corrected chi connectivity index (χ0v) is 7.10. The summed E-state index contributed by atoms with van der Waals surface area (Å²) in [7, 11) is 0. The molecular formula is C8H6N6. The second kappa shape index (κ2) is 3.14. The molecule has 0 saturated heterocycles. The molecule has 2 aromatic rings. The van der Waals surface area contributed by atoms with E-state index < -0.39 is 0 Å². The molecule has 2 rings (SSSR count). The van der Waals surface area contributed by atoms with Gasteiger partial charge in [0.15, 0.2) is 5.65 Å². The van der Waals surface area contributed by atoms with E-state index in [0.717, 1.165) is 0 Å². The third-order valence-corrected chi connectivity index (χ3v) is 1.77. The number of nitrogens with zero attached hydrogens (tertiary/aromatic N) is 4. The highest BCUT2D eigenvalue weighted by atomic mass is 15.0. The number of nitrogens with two attached hydrogens (primary N) is 1. The van der Waals surface area contributed by atoms with Crippen molar-refractivity contribution in [1.29, 1.82) is 5.26 Å². The summed E-state index contributed by atoms with van der Waals surface area (Å²) in [5, 5.41) is 8.78. The lowest BCUT2D eigenvalue weighted by atomic mass is 10.2. The Hall–Kier alpha value is -2.42. The van der Waals surface area contributed by atoms with Gasteiger partial charge in [0.1, 0.15) is 23.6 Å². The fourth-order valence-electron chi connectivity index (χ4n) is 1.14. The minimum Gasteiger partial charge on any atom is -0.403 e. The third-order valence-electron chi connectivity index (χ3n) is 1.77. The highest BCUT2D eigenvalue weighted by molar-refractivity contribution is 5.88. The van der Waals surface area contributed by atoms with Crippen LogP contribution >= 0.6 is 0 Å². The van der Waals surface area contributed by atoms with Crippen LogP contribution in [0.1, 0.15) is 5.69 Å². The number of hydrogen-bond donors (Lipinski definition) is 2. The minimum atomic E-state index is 0.293. The van der Waals surface area contributed by atoms with Gasteiger partial charge < -0.3 is 10.7 Å². The van der Waals surface area contributed by atoms with Crippen molar-refractivity contribution in [3.8, 4) is 6.07 Å². The van der Waals surface area contributed by atoms with Crippen LogP contribution in [0.25, 0.3) is 16.7 Å². The first-order valence-corrected chi connectivity index (χ1v) is 3.83. The minimum absolute atomic E-state index is 0.293. The number of fused-ring (bicyclic) bond motifs is 1. The Labute approximate surface area is 79.1 Å².